The summed E-state index contributed by atoms with van der Waals surface area (Å²) in [5, 5.41) is 7.85. The van der Waals surface area contributed by atoms with Gasteiger partial charge in [0.25, 0.3) is 0 Å². The van der Waals surface area contributed by atoms with Crippen molar-refractivity contribution in [2.24, 2.45) is 0 Å². The summed E-state index contributed by atoms with van der Waals surface area (Å²) < 4.78 is 4.80. The van der Waals surface area contributed by atoms with Crippen molar-refractivity contribution < 1.29 is 4.63 Å². The fourth-order valence-electron chi connectivity index (χ4n) is 2.03. The van der Waals surface area contributed by atoms with E-state index < -0.39 is 0 Å². The fraction of sp³-hybridized carbons (Fsp3) is 0.333. The maximum atomic E-state index is 4.80. The standard InChI is InChI=1S/C12H12N4O/c1-5-9-10(14-8(4)7(3)13-9)6(2)12-11(5)15-17-16-12/h1-4H3. The van der Waals surface area contributed by atoms with Gasteiger partial charge in [-0.15, -0.1) is 0 Å². The maximum absolute atomic E-state index is 4.80. The highest BCUT2D eigenvalue weighted by molar-refractivity contribution is 5.98. The Labute approximate surface area is 97.8 Å². The number of hydrogen-bond acceptors (Lipinski definition) is 5. The third-order valence-electron chi connectivity index (χ3n) is 3.22. The highest BCUT2D eigenvalue weighted by Gasteiger charge is 2.16. The second-order valence-electron chi connectivity index (χ2n) is 4.30. The lowest BCUT2D eigenvalue weighted by atomic mass is 10.1. The molecule has 0 aliphatic heterocycles. The van der Waals surface area contributed by atoms with Crippen LogP contribution in [0.1, 0.15) is 22.5 Å². The third kappa shape index (κ3) is 1.25. The molecular formula is C12H12N4O. The molecule has 2 heterocycles. The molecule has 3 aromatic rings. The van der Waals surface area contributed by atoms with E-state index in [1.807, 2.05) is 27.7 Å². The van der Waals surface area contributed by atoms with Gasteiger partial charge in [-0.2, -0.15) is 0 Å². The van der Waals surface area contributed by atoms with Crippen molar-refractivity contribution >= 4 is 22.1 Å². The lowest BCUT2D eigenvalue weighted by molar-refractivity contribution is 0.315. The number of hydrogen-bond donors (Lipinski definition) is 0. The van der Waals surface area contributed by atoms with Gasteiger partial charge in [0.1, 0.15) is 11.0 Å². The molecule has 1 aromatic carbocycles. The molecule has 5 nitrogen and oxygen atoms in total. The minimum Gasteiger partial charge on any atom is -0.249 e. The maximum Gasteiger partial charge on any atom is 0.140 e. The van der Waals surface area contributed by atoms with Gasteiger partial charge in [-0.05, 0) is 38.0 Å². The molecule has 0 aliphatic carbocycles. The summed E-state index contributed by atoms with van der Waals surface area (Å²) >= 11 is 0. The molecule has 2 aromatic heterocycles. The van der Waals surface area contributed by atoms with Crippen LogP contribution in [0.15, 0.2) is 4.63 Å². The molecule has 5 heteroatoms. The normalized spacial score (nSPS) is 11.5. The second kappa shape index (κ2) is 3.23. The molecule has 0 unspecified atom stereocenters. The van der Waals surface area contributed by atoms with Crippen LogP contribution in [-0.4, -0.2) is 20.3 Å². The molecule has 0 radical (unpaired) electrons. The summed E-state index contributed by atoms with van der Waals surface area (Å²) in [7, 11) is 0. The van der Waals surface area contributed by atoms with Gasteiger partial charge in [0.2, 0.25) is 0 Å². The zero-order valence-corrected chi connectivity index (χ0v) is 10.2. The molecule has 17 heavy (non-hydrogen) atoms. The van der Waals surface area contributed by atoms with Crippen molar-refractivity contribution in [1.82, 2.24) is 20.3 Å². The molecular weight excluding hydrogens is 216 g/mol. The van der Waals surface area contributed by atoms with Gasteiger partial charge < -0.3 is 0 Å². The van der Waals surface area contributed by atoms with E-state index >= 15 is 0 Å². The van der Waals surface area contributed by atoms with Crippen LogP contribution in [-0.2, 0) is 0 Å². The molecule has 0 saturated heterocycles. The number of fused-ring (bicyclic) bond motifs is 2. The van der Waals surface area contributed by atoms with Crippen LogP contribution >= 0.6 is 0 Å². The minimum absolute atomic E-state index is 0.771. The summed E-state index contributed by atoms with van der Waals surface area (Å²) in [4.78, 5) is 9.19. The Morgan fingerprint density at radius 2 is 1.06 bits per heavy atom. The average molecular weight is 228 g/mol. The van der Waals surface area contributed by atoms with Crippen molar-refractivity contribution in [3.05, 3.63) is 22.5 Å². The van der Waals surface area contributed by atoms with Crippen molar-refractivity contribution in [3.8, 4) is 0 Å². The first-order valence-corrected chi connectivity index (χ1v) is 5.46. The van der Waals surface area contributed by atoms with E-state index in [0.29, 0.717) is 0 Å². The van der Waals surface area contributed by atoms with Crippen LogP contribution in [0.3, 0.4) is 0 Å². The zero-order chi connectivity index (χ0) is 12.2. The molecule has 0 bridgehead atoms. The van der Waals surface area contributed by atoms with E-state index in [2.05, 4.69) is 20.3 Å². The molecule has 86 valence electrons. The van der Waals surface area contributed by atoms with Crippen molar-refractivity contribution in [2.75, 3.05) is 0 Å². The number of nitrogens with zero attached hydrogens (tertiary/aromatic N) is 4. The predicted molar refractivity (Wildman–Crippen MR) is 63.8 cm³/mol. The van der Waals surface area contributed by atoms with Gasteiger partial charge in [0.15, 0.2) is 0 Å². The third-order valence-corrected chi connectivity index (χ3v) is 3.22. The van der Waals surface area contributed by atoms with E-state index in [1.165, 1.54) is 0 Å². The molecule has 0 amide bonds. The van der Waals surface area contributed by atoms with Gasteiger partial charge in [-0.1, -0.05) is 0 Å². The van der Waals surface area contributed by atoms with Crippen molar-refractivity contribution in [2.45, 2.75) is 27.7 Å². The van der Waals surface area contributed by atoms with E-state index in [0.717, 1.165) is 44.6 Å². The Bertz CT molecular complexity index is 684. The Hall–Kier alpha value is -2.04. The summed E-state index contributed by atoms with van der Waals surface area (Å²) in [6, 6.07) is 0. The van der Waals surface area contributed by atoms with E-state index in [-0.39, 0.29) is 0 Å². The van der Waals surface area contributed by atoms with Crippen LogP contribution < -0.4 is 0 Å². The number of aromatic nitrogens is 4. The molecule has 0 aliphatic rings. The Morgan fingerprint density at radius 3 is 1.47 bits per heavy atom. The molecule has 0 atom stereocenters. The van der Waals surface area contributed by atoms with Crippen LogP contribution in [0.4, 0.5) is 0 Å². The smallest absolute Gasteiger partial charge is 0.140 e. The topological polar surface area (TPSA) is 64.7 Å². The summed E-state index contributed by atoms with van der Waals surface area (Å²) in [6.07, 6.45) is 0. The Morgan fingerprint density at radius 1 is 0.647 bits per heavy atom. The Balaban J connectivity index is 2.63. The predicted octanol–water partition coefficient (Wildman–Crippen LogP) is 2.40. The summed E-state index contributed by atoms with van der Waals surface area (Å²) in [6.45, 7) is 7.86. The Kier molecular flexibility index (Phi) is 1.92. The molecule has 0 spiro atoms. The van der Waals surface area contributed by atoms with Crippen LogP contribution in [0.2, 0.25) is 0 Å². The lowest BCUT2D eigenvalue weighted by Gasteiger charge is -2.07. The highest BCUT2D eigenvalue weighted by atomic mass is 16.6. The average Bonchev–Trinajstić information content (AvgIpc) is 2.78. The first kappa shape index (κ1) is 10.1. The van der Waals surface area contributed by atoms with E-state index in [4.69, 9.17) is 4.63 Å². The van der Waals surface area contributed by atoms with Gasteiger partial charge in [0, 0.05) is 11.1 Å². The largest absolute Gasteiger partial charge is 0.249 e. The van der Waals surface area contributed by atoms with Gasteiger partial charge in [-0.3, -0.25) is 0 Å². The molecule has 3 rings (SSSR count). The van der Waals surface area contributed by atoms with E-state index in [9.17, 15) is 0 Å². The second-order valence-corrected chi connectivity index (χ2v) is 4.30. The summed E-state index contributed by atoms with van der Waals surface area (Å²) in [5.74, 6) is 0. The van der Waals surface area contributed by atoms with Gasteiger partial charge in [-0.25, -0.2) is 14.6 Å². The minimum atomic E-state index is 0.771. The van der Waals surface area contributed by atoms with Crippen LogP contribution in [0.5, 0.6) is 0 Å². The monoisotopic (exact) mass is 228 g/mol. The van der Waals surface area contributed by atoms with Crippen LogP contribution in [0.25, 0.3) is 22.1 Å². The SMILES string of the molecule is Cc1nc2c(C)c3nonc3c(C)c2nc1C. The van der Waals surface area contributed by atoms with Crippen molar-refractivity contribution in [3.63, 3.8) is 0 Å². The number of benzene rings is 1. The van der Waals surface area contributed by atoms with E-state index in [1.54, 1.807) is 0 Å². The van der Waals surface area contributed by atoms with Crippen LogP contribution in [0, 0.1) is 27.7 Å². The molecule has 0 saturated carbocycles. The zero-order valence-electron chi connectivity index (χ0n) is 10.2. The highest BCUT2D eigenvalue weighted by Crippen LogP contribution is 2.28. The summed E-state index contributed by atoms with van der Waals surface area (Å²) in [5.41, 5.74) is 7.13. The number of aryl methyl sites for hydroxylation is 4. The van der Waals surface area contributed by atoms with Crippen molar-refractivity contribution in [1.29, 1.82) is 0 Å². The lowest BCUT2D eigenvalue weighted by Crippen LogP contribution is -1.98. The molecule has 0 fully saturated rings. The first-order chi connectivity index (χ1) is 8.09. The fourth-order valence-corrected chi connectivity index (χ4v) is 2.03. The molecule has 0 N–H and O–H groups in total. The van der Waals surface area contributed by atoms with Gasteiger partial charge in [0.05, 0.1) is 22.4 Å². The van der Waals surface area contributed by atoms with Gasteiger partial charge >= 0.3 is 0 Å². The number of rotatable bonds is 0. The first-order valence-electron chi connectivity index (χ1n) is 5.46. The quantitative estimate of drug-likeness (QED) is 0.591.